The average Bonchev–Trinajstić information content (AvgIpc) is 2.55. The Morgan fingerprint density at radius 3 is 2.62 bits per heavy atom. The minimum absolute atomic E-state index is 0.426. The van der Waals surface area contributed by atoms with Crippen LogP contribution in [0.3, 0.4) is 0 Å². The third-order valence-electron chi connectivity index (χ3n) is 2.62. The summed E-state index contributed by atoms with van der Waals surface area (Å²) in [6.45, 7) is 6.34. The number of carboxylic acids is 1. The van der Waals surface area contributed by atoms with E-state index >= 15 is 0 Å². The first kappa shape index (κ1) is 13.0. The van der Waals surface area contributed by atoms with Crippen molar-refractivity contribution in [2.45, 2.75) is 40.2 Å². The fraction of sp³-hybridized carbons (Fsp3) is 0.636. The molecule has 0 aliphatic rings. The Hall–Kier alpha value is -1.03. The molecular weight excluding hydrogens is 228 g/mol. The van der Waals surface area contributed by atoms with E-state index in [0.29, 0.717) is 18.0 Å². The van der Waals surface area contributed by atoms with Gasteiger partial charge in [0.25, 0.3) is 0 Å². The number of carbonyl (C=O) groups is 1. The summed E-state index contributed by atoms with van der Waals surface area (Å²) in [6.07, 6.45) is 1.19. The summed E-state index contributed by atoms with van der Waals surface area (Å²) in [7, 11) is 0. The molecule has 4 nitrogen and oxygen atoms in total. The average molecular weight is 245 g/mol. The number of aliphatic carboxylic acids is 1. The number of nitrogens with zero attached hydrogens (tertiary/aromatic N) is 2. The van der Waals surface area contributed by atoms with E-state index in [1.165, 1.54) is 0 Å². The second-order valence-corrected chi connectivity index (χ2v) is 4.20. The smallest absolute Gasteiger partial charge is 0.306 e. The number of hydrogen-bond donors (Lipinski definition) is 1. The number of carboxylic acid groups (broad SMARTS) is 1. The van der Waals surface area contributed by atoms with Gasteiger partial charge in [-0.2, -0.15) is 5.10 Å². The molecule has 0 aliphatic heterocycles. The summed E-state index contributed by atoms with van der Waals surface area (Å²) in [5.41, 5.74) is 1.67. The zero-order chi connectivity index (χ0) is 12.3. The highest BCUT2D eigenvalue weighted by molar-refractivity contribution is 6.31. The fourth-order valence-electron chi connectivity index (χ4n) is 1.59. The molecule has 1 N–H and O–H groups in total. The van der Waals surface area contributed by atoms with Crippen molar-refractivity contribution < 1.29 is 9.90 Å². The van der Waals surface area contributed by atoms with Gasteiger partial charge >= 0.3 is 5.97 Å². The molecule has 0 amide bonds. The third kappa shape index (κ3) is 2.55. The first-order valence-corrected chi connectivity index (χ1v) is 5.85. The topological polar surface area (TPSA) is 55.1 Å². The molecule has 0 fully saturated rings. The zero-order valence-electron chi connectivity index (χ0n) is 9.83. The lowest BCUT2D eigenvalue weighted by Gasteiger charge is -2.08. The lowest BCUT2D eigenvalue weighted by atomic mass is 10.1. The van der Waals surface area contributed by atoms with E-state index in [-0.39, 0.29) is 0 Å². The first-order valence-electron chi connectivity index (χ1n) is 5.48. The summed E-state index contributed by atoms with van der Waals surface area (Å²) in [4.78, 5) is 10.8. The maximum absolute atomic E-state index is 10.8. The van der Waals surface area contributed by atoms with E-state index < -0.39 is 11.9 Å². The molecule has 0 aromatic carbocycles. The number of hydrogen-bond acceptors (Lipinski definition) is 2. The van der Waals surface area contributed by atoms with Crippen molar-refractivity contribution in [1.82, 2.24) is 9.78 Å². The molecule has 90 valence electrons. The van der Waals surface area contributed by atoms with Crippen LogP contribution in [0.4, 0.5) is 0 Å². The molecule has 5 heteroatoms. The summed E-state index contributed by atoms with van der Waals surface area (Å²) in [5.74, 6) is -1.25. The van der Waals surface area contributed by atoms with Gasteiger partial charge in [-0.15, -0.1) is 0 Å². The van der Waals surface area contributed by atoms with E-state index in [9.17, 15) is 4.79 Å². The van der Waals surface area contributed by atoms with Crippen LogP contribution in [-0.2, 0) is 24.2 Å². The largest absolute Gasteiger partial charge is 0.481 e. The van der Waals surface area contributed by atoms with Crippen molar-refractivity contribution >= 4 is 17.6 Å². The molecule has 0 aliphatic carbocycles. The molecule has 0 saturated carbocycles. The fourth-order valence-corrected chi connectivity index (χ4v) is 1.94. The Morgan fingerprint density at radius 2 is 2.19 bits per heavy atom. The van der Waals surface area contributed by atoms with Gasteiger partial charge in [0.05, 0.1) is 22.3 Å². The number of rotatable bonds is 5. The van der Waals surface area contributed by atoms with Gasteiger partial charge in [-0.05, 0) is 13.3 Å². The normalized spacial score (nSPS) is 12.8. The van der Waals surface area contributed by atoms with Crippen molar-refractivity contribution in [3.63, 3.8) is 0 Å². The van der Waals surface area contributed by atoms with Crippen LogP contribution >= 0.6 is 11.6 Å². The van der Waals surface area contributed by atoms with Crippen LogP contribution < -0.4 is 0 Å². The van der Waals surface area contributed by atoms with Crippen molar-refractivity contribution in [3.8, 4) is 0 Å². The molecule has 1 aromatic rings. The van der Waals surface area contributed by atoms with Gasteiger partial charge in [0.1, 0.15) is 0 Å². The standard InChI is InChI=1S/C11H17ClN2O2/c1-4-8-10(12)9(14(5-2)13-8)6-7(3)11(15)16/h7H,4-6H2,1-3H3,(H,15,16). The lowest BCUT2D eigenvalue weighted by molar-refractivity contribution is -0.141. The molecule has 0 bridgehead atoms. The predicted molar refractivity (Wildman–Crippen MR) is 62.8 cm³/mol. The first-order chi connectivity index (χ1) is 7.51. The van der Waals surface area contributed by atoms with Crippen LogP contribution in [0.2, 0.25) is 5.02 Å². The third-order valence-corrected chi connectivity index (χ3v) is 3.05. The van der Waals surface area contributed by atoms with Crippen molar-refractivity contribution in [1.29, 1.82) is 0 Å². The summed E-state index contributed by atoms with van der Waals surface area (Å²) >= 11 is 6.18. The van der Waals surface area contributed by atoms with Crippen LogP contribution in [0.5, 0.6) is 0 Å². The molecule has 1 heterocycles. The highest BCUT2D eigenvalue weighted by Gasteiger charge is 2.19. The number of aryl methyl sites for hydroxylation is 2. The Kier molecular flexibility index (Phi) is 4.35. The van der Waals surface area contributed by atoms with Crippen molar-refractivity contribution in [3.05, 3.63) is 16.4 Å². The maximum atomic E-state index is 10.8. The van der Waals surface area contributed by atoms with Crippen LogP contribution in [0.25, 0.3) is 0 Å². The second kappa shape index (κ2) is 5.34. The van der Waals surface area contributed by atoms with E-state index in [2.05, 4.69) is 5.10 Å². The Labute approximate surface area is 100 Å². The zero-order valence-corrected chi connectivity index (χ0v) is 10.6. The van der Waals surface area contributed by atoms with Gasteiger partial charge in [0.2, 0.25) is 0 Å². The van der Waals surface area contributed by atoms with Gasteiger partial charge in [-0.3, -0.25) is 9.48 Å². The van der Waals surface area contributed by atoms with Crippen LogP contribution in [-0.4, -0.2) is 20.9 Å². The number of halogens is 1. The molecule has 16 heavy (non-hydrogen) atoms. The van der Waals surface area contributed by atoms with Gasteiger partial charge in [0, 0.05) is 13.0 Å². The van der Waals surface area contributed by atoms with Gasteiger partial charge in [0.15, 0.2) is 0 Å². The molecule has 0 radical (unpaired) electrons. The van der Waals surface area contributed by atoms with E-state index in [0.717, 1.165) is 17.8 Å². The summed E-state index contributed by atoms with van der Waals surface area (Å²) < 4.78 is 1.79. The van der Waals surface area contributed by atoms with Crippen LogP contribution in [0.15, 0.2) is 0 Å². The number of aromatic nitrogens is 2. The minimum Gasteiger partial charge on any atom is -0.481 e. The summed E-state index contributed by atoms with van der Waals surface area (Å²) in [6, 6.07) is 0. The van der Waals surface area contributed by atoms with Crippen LogP contribution in [0.1, 0.15) is 32.2 Å². The van der Waals surface area contributed by atoms with Gasteiger partial charge in [-0.25, -0.2) is 0 Å². The second-order valence-electron chi connectivity index (χ2n) is 3.82. The van der Waals surface area contributed by atoms with E-state index in [1.807, 2.05) is 13.8 Å². The van der Waals surface area contributed by atoms with Crippen molar-refractivity contribution in [2.24, 2.45) is 5.92 Å². The molecule has 1 rings (SSSR count). The Morgan fingerprint density at radius 1 is 1.56 bits per heavy atom. The SMILES string of the molecule is CCc1nn(CC)c(CC(C)C(=O)O)c1Cl. The van der Waals surface area contributed by atoms with Gasteiger partial charge in [-0.1, -0.05) is 25.4 Å². The van der Waals surface area contributed by atoms with Crippen molar-refractivity contribution in [2.75, 3.05) is 0 Å². The molecular formula is C11H17ClN2O2. The molecule has 0 spiro atoms. The lowest BCUT2D eigenvalue weighted by Crippen LogP contribution is -2.15. The molecule has 0 saturated heterocycles. The molecule has 1 unspecified atom stereocenters. The summed E-state index contributed by atoms with van der Waals surface area (Å²) in [5, 5.41) is 13.9. The molecule has 1 atom stereocenters. The Balaban J connectivity index is 3.01. The Bertz CT molecular complexity index is 388. The predicted octanol–water partition coefficient (Wildman–Crippen LogP) is 2.38. The molecule has 1 aromatic heterocycles. The van der Waals surface area contributed by atoms with E-state index in [1.54, 1.807) is 11.6 Å². The highest BCUT2D eigenvalue weighted by atomic mass is 35.5. The van der Waals surface area contributed by atoms with Crippen LogP contribution in [0, 0.1) is 5.92 Å². The van der Waals surface area contributed by atoms with Gasteiger partial charge < -0.3 is 5.11 Å². The van der Waals surface area contributed by atoms with E-state index in [4.69, 9.17) is 16.7 Å². The highest BCUT2D eigenvalue weighted by Crippen LogP contribution is 2.24. The maximum Gasteiger partial charge on any atom is 0.306 e. The monoisotopic (exact) mass is 244 g/mol. The quantitative estimate of drug-likeness (QED) is 0.865. The minimum atomic E-state index is -0.807.